The molecule has 0 radical (unpaired) electrons. The lowest BCUT2D eigenvalue weighted by atomic mass is 9.50. The number of hydrogen-bond acceptors (Lipinski definition) is 14. The van der Waals surface area contributed by atoms with Crippen LogP contribution >= 0.6 is 0 Å². The molecule has 49 heavy (non-hydrogen) atoms. The van der Waals surface area contributed by atoms with E-state index in [1.54, 1.807) is 32.9 Å². The molecule has 1 fully saturated rings. The molecule has 4 aliphatic rings. The van der Waals surface area contributed by atoms with Crippen LogP contribution in [0, 0.1) is 0 Å². The van der Waals surface area contributed by atoms with E-state index < -0.39 is 71.4 Å². The first-order chi connectivity index (χ1) is 23.0. The monoisotopic (exact) mass is 687 g/mol. The zero-order valence-corrected chi connectivity index (χ0v) is 29.0. The predicted octanol–water partition coefficient (Wildman–Crippen LogP) is 3.42. The van der Waals surface area contributed by atoms with Crippen molar-refractivity contribution in [3.8, 4) is 11.5 Å². The minimum atomic E-state index is -1.63. The molecular weight excluding hydrogens is 642 g/mol. The van der Waals surface area contributed by atoms with Gasteiger partial charge in [-0.25, -0.2) is 14.4 Å². The van der Waals surface area contributed by atoms with E-state index in [2.05, 4.69) is 4.90 Å². The van der Waals surface area contributed by atoms with Gasteiger partial charge in [0.05, 0.1) is 24.0 Å². The lowest BCUT2D eigenvalue weighted by Gasteiger charge is -2.61. The van der Waals surface area contributed by atoms with Crippen molar-refractivity contribution < 1.29 is 62.2 Å². The highest BCUT2D eigenvalue weighted by atomic mass is 16.7. The largest absolute Gasteiger partial charge is 0.514 e. The molecule has 1 aromatic carbocycles. The Labute approximate surface area is 284 Å². The third-order valence-corrected chi connectivity index (χ3v) is 9.45. The van der Waals surface area contributed by atoms with E-state index in [1.807, 2.05) is 20.0 Å². The van der Waals surface area contributed by atoms with E-state index in [0.29, 0.717) is 31.4 Å². The van der Waals surface area contributed by atoms with E-state index in [1.165, 1.54) is 6.92 Å². The van der Waals surface area contributed by atoms with Crippen molar-refractivity contribution in [1.82, 2.24) is 4.90 Å². The van der Waals surface area contributed by atoms with Crippen LogP contribution < -0.4 is 9.47 Å². The van der Waals surface area contributed by atoms with E-state index in [9.17, 15) is 29.1 Å². The Balaban J connectivity index is 1.38. The van der Waals surface area contributed by atoms with Gasteiger partial charge in [0.15, 0.2) is 23.7 Å². The number of unbranched alkanes of at least 4 members (excludes halogenated alkanes) is 1. The van der Waals surface area contributed by atoms with Crippen molar-refractivity contribution >= 4 is 30.0 Å². The number of benzene rings is 1. The summed E-state index contributed by atoms with van der Waals surface area (Å²) in [6.45, 7) is 10.2. The van der Waals surface area contributed by atoms with Gasteiger partial charge in [-0.1, -0.05) is 19.4 Å². The molecule has 14 heteroatoms. The molecule has 0 unspecified atom stereocenters. The van der Waals surface area contributed by atoms with Gasteiger partial charge < -0.3 is 43.2 Å². The maximum absolute atomic E-state index is 13.4. The predicted molar refractivity (Wildman–Crippen MR) is 169 cm³/mol. The molecule has 1 N–H and O–H groups in total. The van der Waals surface area contributed by atoms with Crippen LogP contribution in [0.2, 0.25) is 0 Å². The fraction of sp³-hybridized carbons (Fsp3) is 0.629. The van der Waals surface area contributed by atoms with Gasteiger partial charge in [-0.05, 0) is 78.3 Å². The number of nitrogens with zero attached hydrogens (tertiary/aromatic N) is 1. The fourth-order valence-corrected chi connectivity index (χ4v) is 7.28. The Morgan fingerprint density at radius 2 is 1.84 bits per heavy atom. The quantitative estimate of drug-likeness (QED) is 0.155. The van der Waals surface area contributed by atoms with E-state index in [0.717, 1.165) is 18.9 Å². The number of rotatable bonds is 11. The summed E-state index contributed by atoms with van der Waals surface area (Å²) in [4.78, 5) is 65.1. The number of likely N-dealkylation sites (N-methyl/N-ethyl adjacent to an activating group) is 1. The third-order valence-electron chi connectivity index (χ3n) is 9.45. The summed E-state index contributed by atoms with van der Waals surface area (Å²) in [5, 5.41) is 12.5. The number of carbonyl (C=O) groups is 5. The number of esters is 4. The van der Waals surface area contributed by atoms with Gasteiger partial charge in [0.25, 0.3) is 0 Å². The van der Waals surface area contributed by atoms with Crippen molar-refractivity contribution in [1.29, 1.82) is 0 Å². The molecule has 6 atom stereocenters. The standard InChI is InChI=1S/C35H45NO13/c1-8-9-16-43-26(38)18-24(45-20(3)37)31(40)44-19(2)30(39)46-23-12-13-35(42)25-17-21-10-11-22(47-32(41)49-33(4,5)6)28-27(21)34(35,29(23)48-28)14-15-36(25)7/h10-12,19,24-25,29,42H,8-9,13-18H2,1-7H3/t19-,24-,25+,29-,34-,35+/m0/s1. The highest BCUT2D eigenvalue weighted by Crippen LogP contribution is 2.65. The van der Waals surface area contributed by atoms with Crippen molar-refractivity contribution in [2.24, 2.45) is 0 Å². The zero-order valence-electron chi connectivity index (χ0n) is 29.0. The smallest absolute Gasteiger partial charge is 0.477 e. The average molecular weight is 688 g/mol. The number of aliphatic hydroxyl groups is 1. The first-order valence-electron chi connectivity index (χ1n) is 16.6. The number of ether oxygens (including phenoxy) is 7. The van der Waals surface area contributed by atoms with Crippen LogP contribution in [0.15, 0.2) is 24.0 Å². The number of likely N-dealkylation sites (tertiary alicyclic amines) is 1. The van der Waals surface area contributed by atoms with Crippen LogP contribution in [-0.2, 0) is 54.7 Å². The summed E-state index contributed by atoms with van der Waals surface area (Å²) in [6, 6.07) is 3.20. The van der Waals surface area contributed by atoms with Crippen LogP contribution in [-0.4, -0.2) is 95.8 Å². The lowest BCUT2D eigenvalue weighted by Crippen LogP contribution is -2.74. The first-order valence-corrected chi connectivity index (χ1v) is 16.6. The van der Waals surface area contributed by atoms with Crippen LogP contribution in [0.3, 0.4) is 0 Å². The molecule has 1 spiro atoms. The molecule has 14 nitrogen and oxygen atoms in total. The second-order valence-corrected chi connectivity index (χ2v) is 14.0. The zero-order chi connectivity index (χ0) is 35.9. The number of hydrogen-bond donors (Lipinski definition) is 1. The Morgan fingerprint density at radius 1 is 1.10 bits per heavy atom. The van der Waals surface area contributed by atoms with Crippen LogP contribution in [0.25, 0.3) is 0 Å². The Morgan fingerprint density at radius 3 is 2.51 bits per heavy atom. The lowest BCUT2D eigenvalue weighted by molar-refractivity contribution is -0.181. The van der Waals surface area contributed by atoms with Gasteiger partial charge in [0.2, 0.25) is 6.10 Å². The molecule has 0 amide bonds. The maximum Gasteiger partial charge on any atom is 0.514 e. The second kappa shape index (κ2) is 13.6. The highest BCUT2D eigenvalue weighted by molar-refractivity contribution is 5.86. The van der Waals surface area contributed by atoms with Crippen molar-refractivity contribution in [2.45, 2.75) is 121 Å². The van der Waals surface area contributed by atoms with Crippen LogP contribution in [0.5, 0.6) is 11.5 Å². The molecule has 2 heterocycles. The van der Waals surface area contributed by atoms with Crippen LogP contribution in [0.4, 0.5) is 4.79 Å². The topological polar surface area (TPSA) is 173 Å². The van der Waals surface area contributed by atoms with Gasteiger partial charge in [-0.2, -0.15) is 0 Å². The van der Waals surface area contributed by atoms with Gasteiger partial charge in [-0.15, -0.1) is 0 Å². The summed E-state index contributed by atoms with van der Waals surface area (Å²) in [5.41, 5.74) is -1.56. The molecule has 0 aromatic heterocycles. The second-order valence-electron chi connectivity index (χ2n) is 14.0. The molecule has 5 rings (SSSR count). The summed E-state index contributed by atoms with van der Waals surface area (Å²) in [6.07, 6.45) is -1.51. The first kappa shape index (κ1) is 36.1. The van der Waals surface area contributed by atoms with Gasteiger partial charge in [0.1, 0.15) is 11.4 Å². The molecule has 0 saturated carbocycles. The molecule has 1 aromatic rings. The summed E-state index contributed by atoms with van der Waals surface area (Å²) in [7, 11) is 1.95. The Bertz CT molecular complexity index is 1550. The SMILES string of the molecule is CCCCOC(=O)C[C@H](OC(C)=O)C(=O)O[C@@H](C)C(=O)OC1=CC[C@@]2(O)[C@H]3Cc4ccc(OC(=O)OC(C)(C)C)c5c4[C@@]2(CCN3C)[C@H]1O5. The average Bonchev–Trinajstić information content (AvgIpc) is 3.36. The molecular formula is C35H45NO13. The highest BCUT2D eigenvalue weighted by Gasteiger charge is 2.72. The minimum absolute atomic E-state index is 0.101. The molecule has 2 aliphatic heterocycles. The molecule has 268 valence electrons. The maximum atomic E-state index is 13.4. The Kier molecular flexibility index (Phi) is 10.0. The molecule has 2 aliphatic carbocycles. The molecule has 1 saturated heterocycles. The number of carbonyl (C=O) groups excluding carboxylic acids is 5. The van der Waals surface area contributed by atoms with Crippen molar-refractivity contribution in [2.75, 3.05) is 20.2 Å². The summed E-state index contributed by atoms with van der Waals surface area (Å²) >= 11 is 0. The Hall–Kier alpha value is -4.17. The van der Waals surface area contributed by atoms with E-state index in [4.69, 9.17) is 33.2 Å². The normalized spacial score (nSPS) is 26.2. The molecule has 2 bridgehead atoms. The van der Waals surface area contributed by atoms with Gasteiger partial charge in [-0.3, -0.25) is 9.59 Å². The van der Waals surface area contributed by atoms with Crippen LogP contribution in [0.1, 0.15) is 84.8 Å². The van der Waals surface area contributed by atoms with Crippen molar-refractivity contribution in [3.63, 3.8) is 0 Å². The van der Waals surface area contributed by atoms with E-state index in [-0.39, 0.29) is 36.3 Å². The number of piperidine rings is 1. The fourth-order valence-electron chi connectivity index (χ4n) is 7.28. The minimum Gasteiger partial charge on any atom is -0.477 e. The third kappa shape index (κ3) is 6.85. The van der Waals surface area contributed by atoms with Gasteiger partial charge >= 0.3 is 30.0 Å². The summed E-state index contributed by atoms with van der Waals surface area (Å²) in [5.74, 6) is -3.21. The van der Waals surface area contributed by atoms with E-state index >= 15 is 0 Å². The van der Waals surface area contributed by atoms with Gasteiger partial charge in [0, 0.05) is 24.9 Å². The van der Waals surface area contributed by atoms with Crippen molar-refractivity contribution in [3.05, 3.63) is 35.1 Å². The summed E-state index contributed by atoms with van der Waals surface area (Å²) < 4.78 is 38.7.